The summed E-state index contributed by atoms with van der Waals surface area (Å²) in [4.78, 5) is 40.9. The number of likely N-dealkylation sites (tertiary alicyclic amines) is 1. The maximum atomic E-state index is 13.7. The van der Waals surface area contributed by atoms with Gasteiger partial charge in [-0.3, -0.25) is 14.4 Å². The largest absolute Gasteiger partial charge is 0.351 e. The van der Waals surface area contributed by atoms with E-state index in [-0.39, 0.29) is 30.2 Å². The van der Waals surface area contributed by atoms with Gasteiger partial charge in [0.15, 0.2) is 0 Å². The van der Waals surface area contributed by atoms with Crippen molar-refractivity contribution in [1.29, 1.82) is 5.26 Å². The lowest BCUT2D eigenvalue weighted by molar-refractivity contribution is -0.132. The third-order valence-corrected chi connectivity index (χ3v) is 8.85. The van der Waals surface area contributed by atoms with Gasteiger partial charge in [0, 0.05) is 32.5 Å². The van der Waals surface area contributed by atoms with Crippen molar-refractivity contribution in [2.75, 3.05) is 13.1 Å². The zero-order valence-corrected chi connectivity index (χ0v) is 25.1. The van der Waals surface area contributed by atoms with Crippen LogP contribution in [0.1, 0.15) is 49.4 Å². The van der Waals surface area contributed by atoms with Gasteiger partial charge in [-0.25, -0.2) is 4.68 Å². The van der Waals surface area contributed by atoms with Gasteiger partial charge in [0.1, 0.15) is 6.04 Å². The number of amides is 3. The van der Waals surface area contributed by atoms with Gasteiger partial charge in [-0.05, 0) is 66.6 Å². The van der Waals surface area contributed by atoms with Gasteiger partial charge in [-0.2, -0.15) is 5.26 Å². The van der Waals surface area contributed by atoms with Crippen LogP contribution >= 0.6 is 0 Å². The third kappa shape index (κ3) is 6.63. The number of aromatic nitrogens is 3. The SMILES string of the molecule is CC(=O)N1CCC(NC(=O)C(Cc2cn(-c3ccc(-c4ccc(C#N)cc4)cc3)nn2)NC(=O)C2(c3ccccc3)CC2)CC1. The zero-order chi connectivity index (χ0) is 31.4. The summed E-state index contributed by atoms with van der Waals surface area (Å²) in [6, 6.07) is 26.1. The van der Waals surface area contributed by atoms with E-state index >= 15 is 0 Å². The first-order valence-corrected chi connectivity index (χ1v) is 15.3. The summed E-state index contributed by atoms with van der Waals surface area (Å²) in [5.41, 5.74) is 4.32. The van der Waals surface area contributed by atoms with Crippen molar-refractivity contribution >= 4 is 17.7 Å². The molecule has 0 spiro atoms. The number of nitriles is 1. The van der Waals surface area contributed by atoms with E-state index < -0.39 is 11.5 Å². The number of carbonyl (C=O) groups excluding carboxylic acids is 3. The van der Waals surface area contributed by atoms with Crippen LogP contribution in [0.3, 0.4) is 0 Å². The number of carbonyl (C=O) groups is 3. The maximum absolute atomic E-state index is 13.7. The number of benzene rings is 3. The lowest BCUT2D eigenvalue weighted by atomic mass is 9.94. The fourth-order valence-electron chi connectivity index (χ4n) is 5.95. The Hall–Kier alpha value is -5.30. The molecule has 1 saturated carbocycles. The van der Waals surface area contributed by atoms with Gasteiger partial charge >= 0.3 is 0 Å². The van der Waals surface area contributed by atoms with Crippen LogP contribution in [0, 0.1) is 11.3 Å². The smallest absolute Gasteiger partial charge is 0.243 e. The van der Waals surface area contributed by atoms with Crippen LogP contribution in [-0.2, 0) is 26.2 Å². The Balaban J connectivity index is 1.17. The van der Waals surface area contributed by atoms with Crippen molar-refractivity contribution in [2.24, 2.45) is 0 Å². The summed E-state index contributed by atoms with van der Waals surface area (Å²) >= 11 is 0. The van der Waals surface area contributed by atoms with Crippen molar-refractivity contribution < 1.29 is 14.4 Å². The monoisotopic (exact) mass is 601 g/mol. The molecule has 2 N–H and O–H groups in total. The number of hydrogen-bond acceptors (Lipinski definition) is 6. The molecule has 0 radical (unpaired) electrons. The Bertz CT molecular complexity index is 1710. The van der Waals surface area contributed by atoms with Gasteiger partial charge < -0.3 is 15.5 Å². The lowest BCUT2D eigenvalue weighted by Crippen LogP contribution is -2.54. The highest BCUT2D eigenvalue weighted by Gasteiger charge is 2.52. The normalized spacial score (nSPS) is 16.3. The molecule has 1 aromatic heterocycles. The number of nitrogens with zero attached hydrogens (tertiary/aromatic N) is 5. The molecule has 1 aliphatic carbocycles. The van der Waals surface area contributed by atoms with Gasteiger partial charge in [-0.1, -0.05) is 59.8 Å². The second-order valence-corrected chi connectivity index (χ2v) is 11.9. The minimum atomic E-state index is -0.839. The van der Waals surface area contributed by atoms with Gasteiger partial charge in [-0.15, -0.1) is 5.10 Å². The molecule has 45 heavy (non-hydrogen) atoms. The molecule has 2 fully saturated rings. The average Bonchev–Trinajstić information content (AvgIpc) is 3.77. The minimum Gasteiger partial charge on any atom is -0.351 e. The van der Waals surface area contributed by atoms with Gasteiger partial charge in [0.25, 0.3) is 0 Å². The van der Waals surface area contributed by atoms with Crippen molar-refractivity contribution in [3.05, 3.63) is 102 Å². The van der Waals surface area contributed by atoms with Crippen molar-refractivity contribution in [3.8, 4) is 22.9 Å². The summed E-state index contributed by atoms with van der Waals surface area (Å²) in [7, 11) is 0. The first-order chi connectivity index (χ1) is 21.8. The molecule has 10 heteroatoms. The highest BCUT2D eigenvalue weighted by atomic mass is 16.2. The van der Waals surface area contributed by atoms with E-state index in [1.807, 2.05) is 66.7 Å². The number of nitrogens with one attached hydrogen (secondary N) is 2. The van der Waals surface area contributed by atoms with Crippen molar-refractivity contribution in [2.45, 2.75) is 56.5 Å². The third-order valence-electron chi connectivity index (χ3n) is 8.85. The van der Waals surface area contributed by atoms with E-state index in [0.717, 1.165) is 35.2 Å². The van der Waals surface area contributed by atoms with Crippen LogP contribution in [0.2, 0.25) is 0 Å². The van der Waals surface area contributed by atoms with Crippen molar-refractivity contribution in [3.63, 3.8) is 0 Å². The maximum Gasteiger partial charge on any atom is 0.243 e. The Kier molecular flexibility index (Phi) is 8.43. The molecule has 2 heterocycles. The van der Waals surface area contributed by atoms with E-state index in [4.69, 9.17) is 5.26 Å². The van der Waals surface area contributed by atoms with E-state index in [1.165, 1.54) is 0 Å². The molecule has 1 unspecified atom stereocenters. The lowest BCUT2D eigenvalue weighted by Gasteiger charge is -2.32. The molecule has 0 bridgehead atoms. The molecule has 2 aliphatic rings. The van der Waals surface area contributed by atoms with Crippen LogP contribution in [0.5, 0.6) is 0 Å². The highest BCUT2D eigenvalue weighted by Crippen LogP contribution is 2.48. The first-order valence-electron chi connectivity index (χ1n) is 15.3. The molecule has 6 rings (SSSR count). The molecule has 3 aromatic carbocycles. The minimum absolute atomic E-state index is 0.0348. The Morgan fingerprint density at radius 3 is 2.20 bits per heavy atom. The van der Waals surface area contributed by atoms with Crippen LogP contribution in [0.4, 0.5) is 0 Å². The standard InChI is InChI=1S/C35H35N7O3/c1-24(43)41-19-15-29(16-20-41)37-33(44)32(38-34(45)35(17-18-35)28-5-3-2-4-6-28)21-30-23-42(40-39-30)31-13-11-27(12-14-31)26-9-7-25(22-36)8-10-26/h2-14,23,29,32H,15-21H2,1H3,(H,37,44)(H,38,45). The van der Waals surface area contributed by atoms with Gasteiger partial charge in [0.05, 0.1) is 34.6 Å². The number of piperidine rings is 1. The summed E-state index contributed by atoms with van der Waals surface area (Å²) in [5, 5.41) is 23.9. The highest BCUT2D eigenvalue weighted by molar-refractivity contribution is 5.95. The van der Waals surface area contributed by atoms with E-state index in [9.17, 15) is 14.4 Å². The molecular weight excluding hydrogens is 566 g/mol. The fraction of sp³-hybridized carbons (Fsp3) is 0.314. The molecular formula is C35H35N7O3. The number of rotatable bonds is 9. The number of hydrogen-bond donors (Lipinski definition) is 2. The Morgan fingerprint density at radius 2 is 1.60 bits per heavy atom. The second-order valence-electron chi connectivity index (χ2n) is 11.9. The summed E-state index contributed by atoms with van der Waals surface area (Å²) < 4.78 is 1.65. The molecule has 1 saturated heterocycles. The molecule has 4 aromatic rings. The molecule has 1 atom stereocenters. The Morgan fingerprint density at radius 1 is 0.956 bits per heavy atom. The van der Waals surface area contributed by atoms with Crippen LogP contribution in [0.25, 0.3) is 16.8 Å². The van der Waals surface area contributed by atoms with Gasteiger partial charge in [0.2, 0.25) is 17.7 Å². The molecule has 228 valence electrons. The summed E-state index contributed by atoms with van der Waals surface area (Å²) in [5.74, 6) is -0.395. The van der Waals surface area contributed by atoms with Crippen molar-refractivity contribution in [1.82, 2.24) is 30.5 Å². The van der Waals surface area contributed by atoms with Crippen LogP contribution in [0.15, 0.2) is 85.1 Å². The topological polar surface area (TPSA) is 133 Å². The molecule has 10 nitrogen and oxygen atoms in total. The van der Waals surface area contributed by atoms with E-state index in [0.29, 0.717) is 37.2 Å². The van der Waals surface area contributed by atoms with E-state index in [1.54, 1.807) is 34.8 Å². The predicted octanol–water partition coefficient (Wildman–Crippen LogP) is 3.69. The van der Waals surface area contributed by atoms with Crippen LogP contribution in [-0.4, -0.2) is 62.8 Å². The zero-order valence-electron chi connectivity index (χ0n) is 25.1. The second kappa shape index (κ2) is 12.7. The predicted molar refractivity (Wildman–Crippen MR) is 168 cm³/mol. The quantitative estimate of drug-likeness (QED) is 0.301. The summed E-state index contributed by atoms with van der Waals surface area (Å²) in [6.07, 6.45) is 4.74. The average molecular weight is 602 g/mol. The molecule has 3 amide bonds. The van der Waals surface area contributed by atoms with Crippen LogP contribution < -0.4 is 10.6 Å². The summed E-state index contributed by atoms with van der Waals surface area (Å²) in [6.45, 7) is 2.74. The Labute approximate surface area is 262 Å². The fourth-order valence-corrected chi connectivity index (χ4v) is 5.95. The van der Waals surface area contributed by atoms with E-state index in [2.05, 4.69) is 27.0 Å². The molecule has 1 aliphatic heterocycles. The first kappa shape index (κ1) is 29.8.